The molecule has 0 spiro atoms. The number of carbonyl (C=O) groups is 3. The van der Waals surface area contributed by atoms with Crippen LogP contribution >= 0.6 is 0 Å². The summed E-state index contributed by atoms with van der Waals surface area (Å²) < 4.78 is 0. The molecule has 1 unspecified atom stereocenters. The summed E-state index contributed by atoms with van der Waals surface area (Å²) in [7, 11) is 5.81. The van der Waals surface area contributed by atoms with Gasteiger partial charge in [-0.1, -0.05) is 40.5 Å². The summed E-state index contributed by atoms with van der Waals surface area (Å²) in [5.41, 5.74) is -1.15. The maximum Gasteiger partial charge on any atom is 0.241 e. The number of allylic oxidation sites excluding steroid dienone is 2. The number of nitrogens with one attached hydrogen (secondary N) is 2. The summed E-state index contributed by atoms with van der Waals surface area (Å²) in [6, 6.07) is 0. The minimum absolute atomic E-state index is 0. The number of rotatable bonds is 2. The first kappa shape index (κ1) is 24.1. The van der Waals surface area contributed by atoms with Gasteiger partial charge in [-0.3, -0.25) is 14.9 Å². The van der Waals surface area contributed by atoms with Crippen LogP contribution in [0, 0.1) is 6.08 Å². The van der Waals surface area contributed by atoms with Gasteiger partial charge in [-0.25, -0.2) is 0 Å². The van der Waals surface area contributed by atoms with Gasteiger partial charge in [-0.15, -0.1) is 11.6 Å². The van der Waals surface area contributed by atoms with Crippen molar-refractivity contribution >= 4 is 25.6 Å². The van der Waals surface area contributed by atoms with Crippen LogP contribution in [0.15, 0.2) is 17.7 Å². The first-order valence-corrected chi connectivity index (χ1v) is 7.75. The summed E-state index contributed by atoms with van der Waals surface area (Å²) in [5.74, 6) is -1.50. The molecule has 1 aliphatic carbocycles. The largest absolute Gasteiger partial charge is 0.399 e. The van der Waals surface area contributed by atoms with Gasteiger partial charge >= 0.3 is 0 Å². The molecule has 3 amide bonds. The van der Waals surface area contributed by atoms with E-state index >= 15 is 0 Å². The number of piperidine rings is 1. The average Bonchev–Trinajstić information content (AvgIpc) is 2.56. The first-order chi connectivity index (χ1) is 10.5. The Labute approximate surface area is 154 Å². The van der Waals surface area contributed by atoms with Crippen LogP contribution in [-0.4, -0.2) is 31.0 Å². The van der Waals surface area contributed by atoms with Crippen molar-refractivity contribution in [2.24, 2.45) is 0 Å². The molecule has 2 N–H and O–H groups in total. The van der Waals surface area contributed by atoms with Crippen LogP contribution in [0.25, 0.3) is 0 Å². The average molecular weight is 487 g/mol. The first-order valence-electron chi connectivity index (χ1n) is 7.75. The Morgan fingerprint density at radius 2 is 1.87 bits per heavy atom. The zero-order valence-electron chi connectivity index (χ0n) is 14.2. The molecule has 1 saturated heterocycles. The molecule has 2 rings (SSSR count). The molecule has 1 heterocycles. The summed E-state index contributed by atoms with van der Waals surface area (Å²) in [4.78, 5) is 34.5. The zero-order valence-corrected chi connectivity index (χ0v) is 17.1. The minimum atomic E-state index is -1.52. The van der Waals surface area contributed by atoms with Gasteiger partial charge in [0, 0.05) is 27.5 Å². The Bertz CT molecular complexity index is 478. The third-order valence-electron chi connectivity index (χ3n) is 2.90. The maximum absolute atomic E-state index is 11.9. The minimum Gasteiger partial charge on any atom is -0.399 e. The van der Waals surface area contributed by atoms with Crippen molar-refractivity contribution in [1.82, 2.24) is 10.6 Å². The van der Waals surface area contributed by atoms with Crippen LogP contribution in [0.5, 0.6) is 0 Å². The number of imide groups is 1. The van der Waals surface area contributed by atoms with Crippen molar-refractivity contribution in [3.63, 3.8) is 0 Å². The van der Waals surface area contributed by atoms with Crippen LogP contribution in [0.1, 0.15) is 53.4 Å². The predicted octanol–water partition coefficient (Wildman–Crippen LogP) is 1.53. The normalized spacial score (nSPS) is 22.0. The van der Waals surface area contributed by atoms with E-state index in [-0.39, 0.29) is 39.8 Å². The molecule has 1 fully saturated rings. The molecule has 1 aliphatic heterocycles. The number of carbonyl (C=O) groups excluding carboxylic acids is 3. The molecule has 23 heavy (non-hydrogen) atoms. The molecule has 0 saturated carbocycles. The summed E-state index contributed by atoms with van der Waals surface area (Å²) in [6.45, 7) is 8.00. The van der Waals surface area contributed by atoms with E-state index in [0.29, 0.717) is 5.57 Å². The van der Waals surface area contributed by atoms with E-state index in [2.05, 4.69) is 16.7 Å². The van der Waals surface area contributed by atoms with Crippen LogP contribution in [0.4, 0.5) is 0 Å². The van der Waals surface area contributed by atoms with Crippen molar-refractivity contribution in [2.75, 3.05) is 0 Å². The van der Waals surface area contributed by atoms with E-state index in [1.165, 1.54) is 0 Å². The molecule has 126 valence electrons. The van der Waals surface area contributed by atoms with Gasteiger partial charge in [0.05, 0.1) is 5.44 Å². The van der Waals surface area contributed by atoms with Crippen molar-refractivity contribution in [1.29, 1.82) is 0 Å². The molecule has 1 atom stereocenters. The monoisotopic (exact) mass is 487 g/mol. The fourth-order valence-corrected chi connectivity index (χ4v) is 1.82. The van der Waals surface area contributed by atoms with Gasteiger partial charge in [0.25, 0.3) is 0 Å². The van der Waals surface area contributed by atoms with E-state index in [9.17, 15) is 14.4 Å². The molecule has 0 aromatic heterocycles. The van der Waals surface area contributed by atoms with Gasteiger partial charge < -0.3 is 10.1 Å². The molecule has 2 aliphatic rings. The second-order valence-electron chi connectivity index (χ2n) is 4.35. The third-order valence-corrected chi connectivity index (χ3v) is 2.90. The summed E-state index contributed by atoms with van der Waals surface area (Å²) in [6.07, 6.45) is 8.14. The molecule has 0 aromatic carbocycles. The van der Waals surface area contributed by atoms with E-state index < -0.39 is 17.3 Å². The Hall–Kier alpha value is -1.16. The van der Waals surface area contributed by atoms with Crippen molar-refractivity contribution in [3.8, 4) is 0 Å². The van der Waals surface area contributed by atoms with E-state index in [4.69, 9.17) is 7.85 Å². The molecular formula is C16H24BN2O3W-. The third kappa shape index (κ3) is 7.30. The SMILES string of the molecule is CC.CC.[B]C1(NC(=O)C2=CCCC=[C-]2)CCC(=O)NC1=O.[W]. The van der Waals surface area contributed by atoms with E-state index in [1.54, 1.807) is 12.2 Å². The van der Waals surface area contributed by atoms with E-state index in [1.807, 2.05) is 27.7 Å². The number of hydrogen-bond donors (Lipinski definition) is 2. The Kier molecular flexibility index (Phi) is 12.9. The molecular weight excluding hydrogens is 463 g/mol. The van der Waals surface area contributed by atoms with Crippen LogP contribution in [0.3, 0.4) is 0 Å². The molecule has 2 radical (unpaired) electrons. The second-order valence-corrected chi connectivity index (χ2v) is 4.35. The van der Waals surface area contributed by atoms with Gasteiger partial charge in [-0.2, -0.15) is 12.2 Å². The quantitative estimate of drug-likeness (QED) is 0.353. The summed E-state index contributed by atoms with van der Waals surface area (Å²) >= 11 is 0. The van der Waals surface area contributed by atoms with E-state index in [0.717, 1.165) is 12.8 Å². The van der Waals surface area contributed by atoms with Gasteiger partial charge in [0.1, 0.15) is 13.8 Å². The Balaban J connectivity index is 0. The molecule has 0 bridgehead atoms. The molecule has 0 aromatic rings. The van der Waals surface area contributed by atoms with Crippen LogP contribution in [-0.2, 0) is 35.4 Å². The molecule has 5 nitrogen and oxygen atoms in total. The zero-order chi connectivity index (χ0) is 17.2. The van der Waals surface area contributed by atoms with Gasteiger partial charge in [0.2, 0.25) is 11.8 Å². The van der Waals surface area contributed by atoms with Crippen LogP contribution < -0.4 is 10.6 Å². The predicted molar refractivity (Wildman–Crippen MR) is 86.8 cm³/mol. The van der Waals surface area contributed by atoms with Crippen molar-refractivity contribution in [2.45, 2.75) is 58.8 Å². The van der Waals surface area contributed by atoms with Crippen molar-refractivity contribution < 1.29 is 35.4 Å². The van der Waals surface area contributed by atoms with Gasteiger partial charge in [-0.05, 0) is 6.42 Å². The van der Waals surface area contributed by atoms with Gasteiger partial charge in [0.15, 0.2) is 0 Å². The van der Waals surface area contributed by atoms with Crippen LogP contribution in [0.2, 0.25) is 0 Å². The fourth-order valence-electron chi connectivity index (χ4n) is 1.82. The number of hydrogen-bond acceptors (Lipinski definition) is 3. The Morgan fingerprint density at radius 1 is 1.26 bits per heavy atom. The standard InChI is InChI=1S/C12H12BN2O3.2C2H6.W/c13-12(7-6-9(16)14-11(12)18)15-10(17)8-4-2-1-3-5-8;2*1-2;/h2,5H,1,3,6-7H2,(H,15,17)(H,14,16,18);2*1-2H3;/q-1;;;. The maximum atomic E-state index is 11.9. The molecule has 7 heteroatoms. The fraction of sp³-hybridized carbons (Fsp3) is 0.562. The topological polar surface area (TPSA) is 75.3 Å². The smallest absolute Gasteiger partial charge is 0.241 e. The summed E-state index contributed by atoms with van der Waals surface area (Å²) in [5, 5.41) is 4.57. The second kappa shape index (κ2) is 12.3. The van der Waals surface area contributed by atoms with Crippen molar-refractivity contribution in [3.05, 3.63) is 23.8 Å². The number of amides is 3. The Morgan fingerprint density at radius 3 is 2.35 bits per heavy atom.